The van der Waals surface area contributed by atoms with Crippen LogP contribution in [0.15, 0.2) is 68.0 Å². The molecular weight excluding hydrogens is 466 g/mol. The second-order valence-electron chi connectivity index (χ2n) is 7.02. The van der Waals surface area contributed by atoms with Crippen LogP contribution < -0.4 is 16.6 Å². The molecule has 2 aromatic carbocycles. The minimum Gasteiger partial charge on any atom is -0.324 e. The van der Waals surface area contributed by atoms with E-state index >= 15 is 0 Å². The predicted molar refractivity (Wildman–Crippen MR) is 124 cm³/mol. The molecule has 0 saturated heterocycles. The van der Waals surface area contributed by atoms with E-state index < -0.39 is 5.69 Å². The Morgan fingerprint density at radius 2 is 1.77 bits per heavy atom. The van der Waals surface area contributed by atoms with Crippen LogP contribution in [0.4, 0.5) is 5.69 Å². The highest BCUT2D eigenvalue weighted by atomic mass is 79.9. The zero-order valence-electron chi connectivity index (χ0n) is 16.3. The molecule has 0 atom stereocenters. The Hall–Kier alpha value is -2.97. The van der Waals surface area contributed by atoms with Crippen molar-refractivity contribution < 1.29 is 4.79 Å². The first kappa shape index (κ1) is 20.3. The Morgan fingerprint density at radius 1 is 1.07 bits per heavy atom. The molecule has 0 aliphatic carbocycles. The van der Waals surface area contributed by atoms with E-state index in [1.165, 1.54) is 15.9 Å². The number of hydrogen-bond donors (Lipinski definition) is 1. The molecule has 2 aromatic heterocycles. The summed E-state index contributed by atoms with van der Waals surface area (Å²) >= 11 is 4.65. The minimum atomic E-state index is -0.543. The first-order valence-electron chi connectivity index (χ1n) is 9.21. The number of rotatable bonds is 4. The van der Waals surface area contributed by atoms with Crippen LogP contribution in [0.3, 0.4) is 0 Å². The van der Waals surface area contributed by atoms with Gasteiger partial charge in [-0.1, -0.05) is 18.2 Å². The number of carbonyl (C=O) groups is 1. The molecule has 0 aliphatic heterocycles. The molecule has 152 valence electrons. The largest absolute Gasteiger partial charge is 0.336 e. The van der Waals surface area contributed by atoms with Crippen LogP contribution in [-0.2, 0) is 11.3 Å². The number of fused-ring (bicyclic) bond motifs is 1. The van der Waals surface area contributed by atoms with Crippen molar-refractivity contribution in [3.63, 3.8) is 0 Å². The van der Waals surface area contributed by atoms with Gasteiger partial charge in [-0.2, -0.15) is 0 Å². The summed E-state index contributed by atoms with van der Waals surface area (Å²) in [6.07, 6.45) is 0. The van der Waals surface area contributed by atoms with Crippen molar-refractivity contribution in [1.82, 2.24) is 9.13 Å². The number of hydrogen-bond acceptors (Lipinski definition) is 4. The van der Waals surface area contributed by atoms with Gasteiger partial charge in [0, 0.05) is 4.47 Å². The highest BCUT2D eigenvalue weighted by molar-refractivity contribution is 9.10. The van der Waals surface area contributed by atoms with Crippen molar-refractivity contribution in [2.75, 3.05) is 5.32 Å². The Bertz CT molecular complexity index is 1380. The molecule has 6 nitrogen and oxygen atoms in total. The van der Waals surface area contributed by atoms with E-state index in [9.17, 15) is 14.4 Å². The third kappa shape index (κ3) is 3.76. The van der Waals surface area contributed by atoms with Gasteiger partial charge in [-0.3, -0.25) is 14.2 Å². The molecule has 1 N–H and O–H groups in total. The van der Waals surface area contributed by atoms with E-state index in [0.717, 1.165) is 20.2 Å². The lowest BCUT2D eigenvalue weighted by Gasteiger charge is -2.14. The molecule has 4 rings (SSSR count). The number of aryl methyl sites for hydroxylation is 2. The van der Waals surface area contributed by atoms with Crippen molar-refractivity contribution in [2.24, 2.45) is 0 Å². The number of benzene rings is 2. The number of amides is 1. The van der Waals surface area contributed by atoms with E-state index in [2.05, 4.69) is 21.2 Å². The summed E-state index contributed by atoms with van der Waals surface area (Å²) in [4.78, 5) is 39.1. The van der Waals surface area contributed by atoms with E-state index in [-0.39, 0.29) is 18.0 Å². The third-order valence-corrected chi connectivity index (χ3v) is 6.25. The molecular formula is C22H18BrN3O3S. The number of halogens is 1. The SMILES string of the molecule is Cc1cc(C)cc(-n2c(=O)c3sccc3n(CC(=O)Nc3ccccc3Br)c2=O)c1. The fraction of sp³-hybridized carbons (Fsp3) is 0.136. The number of anilines is 1. The standard InChI is InChI=1S/C22H18BrN3O3S/c1-13-9-14(2)11-15(10-13)26-21(28)20-18(7-8-30-20)25(22(26)29)12-19(27)24-17-6-4-3-5-16(17)23/h3-11H,12H2,1-2H3,(H,24,27). The van der Waals surface area contributed by atoms with Gasteiger partial charge in [0.2, 0.25) is 5.91 Å². The number of nitrogens with zero attached hydrogens (tertiary/aromatic N) is 2. The van der Waals surface area contributed by atoms with Crippen LogP contribution in [-0.4, -0.2) is 15.0 Å². The Labute approximate surface area is 184 Å². The van der Waals surface area contributed by atoms with Crippen molar-refractivity contribution in [1.29, 1.82) is 0 Å². The number of thiophene rings is 1. The number of aromatic nitrogens is 2. The summed E-state index contributed by atoms with van der Waals surface area (Å²) in [5.41, 5.74) is 2.53. The van der Waals surface area contributed by atoms with Crippen molar-refractivity contribution in [2.45, 2.75) is 20.4 Å². The van der Waals surface area contributed by atoms with Gasteiger partial charge in [0.25, 0.3) is 5.56 Å². The fourth-order valence-electron chi connectivity index (χ4n) is 3.44. The summed E-state index contributed by atoms with van der Waals surface area (Å²) in [6, 6.07) is 14.5. The maximum Gasteiger partial charge on any atom is 0.336 e. The average Bonchev–Trinajstić information content (AvgIpc) is 3.16. The van der Waals surface area contributed by atoms with E-state index in [0.29, 0.717) is 21.6 Å². The van der Waals surface area contributed by atoms with Crippen LogP contribution in [0.1, 0.15) is 11.1 Å². The maximum atomic E-state index is 13.3. The third-order valence-electron chi connectivity index (χ3n) is 4.67. The zero-order valence-corrected chi connectivity index (χ0v) is 18.7. The molecule has 2 heterocycles. The van der Waals surface area contributed by atoms with Crippen LogP contribution >= 0.6 is 27.3 Å². The first-order chi connectivity index (χ1) is 14.3. The van der Waals surface area contributed by atoms with Gasteiger partial charge < -0.3 is 5.32 Å². The smallest absolute Gasteiger partial charge is 0.324 e. The van der Waals surface area contributed by atoms with Crippen molar-refractivity contribution in [3.05, 3.63) is 90.3 Å². The van der Waals surface area contributed by atoms with Gasteiger partial charge in [-0.05, 0) is 76.6 Å². The Morgan fingerprint density at radius 3 is 2.47 bits per heavy atom. The van der Waals surface area contributed by atoms with Gasteiger partial charge in [-0.25, -0.2) is 9.36 Å². The quantitative estimate of drug-likeness (QED) is 0.471. The molecule has 1 amide bonds. The van der Waals surface area contributed by atoms with Gasteiger partial charge in [-0.15, -0.1) is 11.3 Å². The molecule has 0 bridgehead atoms. The molecule has 0 unspecified atom stereocenters. The summed E-state index contributed by atoms with van der Waals surface area (Å²) in [7, 11) is 0. The average molecular weight is 484 g/mol. The summed E-state index contributed by atoms with van der Waals surface area (Å²) in [5, 5.41) is 4.55. The van der Waals surface area contributed by atoms with Crippen LogP contribution in [0.5, 0.6) is 0 Å². The predicted octanol–water partition coefficient (Wildman–Crippen LogP) is 4.23. The second kappa shape index (κ2) is 8.04. The first-order valence-corrected chi connectivity index (χ1v) is 10.9. The fourth-order valence-corrected chi connectivity index (χ4v) is 4.65. The normalized spacial score (nSPS) is 11.0. The van der Waals surface area contributed by atoms with Crippen molar-refractivity contribution in [3.8, 4) is 5.69 Å². The monoisotopic (exact) mass is 483 g/mol. The molecule has 30 heavy (non-hydrogen) atoms. The molecule has 0 aliphatic rings. The molecule has 4 aromatic rings. The molecule has 0 fully saturated rings. The lowest BCUT2D eigenvalue weighted by molar-refractivity contribution is -0.116. The van der Waals surface area contributed by atoms with E-state index in [1.807, 2.05) is 38.1 Å². The van der Waals surface area contributed by atoms with Crippen LogP contribution in [0.2, 0.25) is 0 Å². The summed E-state index contributed by atoms with van der Waals surface area (Å²) < 4.78 is 3.66. The highest BCUT2D eigenvalue weighted by Gasteiger charge is 2.18. The van der Waals surface area contributed by atoms with Gasteiger partial charge in [0.05, 0.1) is 16.9 Å². The molecule has 0 radical (unpaired) electrons. The van der Waals surface area contributed by atoms with Gasteiger partial charge in [0.1, 0.15) is 11.2 Å². The van der Waals surface area contributed by atoms with Gasteiger partial charge >= 0.3 is 5.69 Å². The molecule has 0 saturated carbocycles. The van der Waals surface area contributed by atoms with Crippen LogP contribution in [0.25, 0.3) is 15.9 Å². The topological polar surface area (TPSA) is 73.1 Å². The summed E-state index contributed by atoms with van der Waals surface area (Å²) in [6.45, 7) is 3.61. The van der Waals surface area contributed by atoms with E-state index in [4.69, 9.17) is 0 Å². The summed E-state index contributed by atoms with van der Waals surface area (Å²) in [5.74, 6) is -0.359. The Kier molecular flexibility index (Phi) is 5.44. The van der Waals surface area contributed by atoms with Crippen molar-refractivity contribution >= 4 is 49.1 Å². The maximum absolute atomic E-state index is 13.3. The minimum absolute atomic E-state index is 0.210. The Balaban J connectivity index is 1.83. The molecule has 0 spiro atoms. The lowest BCUT2D eigenvalue weighted by Crippen LogP contribution is -2.40. The number of carbonyl (C=O) groups excluding carboxylic acids is 1. The van der Waals surface area contributed by atoms with Gasteiger partial charge in [0.15, 0.2) is 0 Å². The zero-order chi connectivity index (χ0) is 21.4. The highest BCUT2D eigenvalue weighted by Crippen LogP contribution is 2.22. The lowest BCUT2D eigenvalue weighted by atomic mass is 10.1. The van der Waals surface area contributed by atoms with Crippen LogP contribution in [0, 0.1) is 13.8 Å². The van der Waals surface area contributed by atoms with E-state index in [1.54, 1.807) is 29.6 Å². The second-order valence-corrected chi connectivity index (χ2v) is 8.79. The number of para-hydroxylation sites is 1. The molecule has 8 heteroatoms. The number of nitrogens with one attached hydrogen (secondary N) is 1.